The number of nitrogens with one attached hydrogen (secondary N) is 2. The summed E-state index contributed by atoms with van der Waals surface area (Å²) in [6.07, 6.45) is 4.43. The maximum atomic E-state index is 13.3. The summed E-state index contributed by atoms with van der Waals surface area (Å²) in [5, 5.41) is 15.0. The zero-order valence-corrected chi connectivity index (χ0v) is 29.9. The maximum absolute atomic E-state index is 13.3. The summed E-state index contributed by atoms with van der Waals surface area (Å²) in [5.41, 5.74) is 4.53. The number of anilines is 3. The van der Waals surface area contributed by atoms with E-state index < -0.39 is 11.0 Å². The number of aryl methyl sites for hydroxylation is 1. The van der Waals surface area contributed by atoms with Crippen LogP contribution in [0.25, 0.3) is 0 Å². The van der Waals surface area contributed by atoms with Gasteiger partial charge < -0.3 is 24.8 Å². The van der Waals surface area contributed by atoms with Gasteiger partial charge in [0.05, 0.1) is 54.0 Å². The first kappa shape index (κ1) is 34.1. The van der Waals surface area contributed by atoms with Gasteiger partial charge >= 0.3 is 0 Å². The number of hydrogen-bond acceptors (Lipinski definition) is 11. The van der Waals surface area contributed by atoms with Crippen LogP contribution < -0.4 is 24.4 Å². The maximum Gasteiger partial charge on any atom is 0.228 e. The van der Waals surface area contributed by atoms with Crippen LogP contribution in [0.5, 0.6) is 11.5 Å². The molecule has 6 rings (SSSR count). The predicted octanol–water partition coefficient (Wildman–Crippen LogP) is 5.92. The number of fused-ring (bicyclic) bond motifs is 1. The van der Waals surface area contributed by atoms with E-state index in [2.05, 4.69) is 49.2 Å². The standard InChI is InChI=1S/C35H43N7O4S2/c1-22-32(47-29-13-16-36-33(40-29)39-26-12-11-24(45-5)19-28(26)46-6)38-27(21-43)31(37-22)42-17-14-35(15-18-42)20-23-9-7-8-10-25(23)30(35)41-48(44)34(2,3)4/h7-13,16,19,30,41,43H,14-15,17-18,20-21H2,1-6H3,(H,36,39,40)/t30-,48+/m1/s1. The van der Waals surface area contributed by atoms with E-state index in [1.807, 2.05) is 45.9 Å². The Morgan fingerprint density at radius 2 is 1.83 bits per heavy atom. The molecule has 13 heteroatoms. The van der Waals surface area contributed by atoms with E-state index in [0.717, 1.165) is 38.0 Å². The molecular formula is C35H43N7O4S2. The van der Waals surface area contributed by atoms with Crippen molar-refractivity contribution in [3.05, 3.63) is 77.2 Å². The second kappa shape index (κ2) is 14.0. The summed E-state index contributed by atoms with van der Waals surface area (Å²) >= 11 is 1.37. The third-order valence-corrected chi connectivity index (χ3v) is 11.7. The minimum atomic E-state index is -1.19. The topological polar surface area (TPSA) is 135 Å². The van der Waals surface area contributed by atoms with Crippen molar-refractivity contribution >= 4 is 40.2 Å². The number of aliphatic hydroxyl groups is 1. The normalized spacial score (nSPS) is 17.6. The zero-order valence-electron chi connectivity index (χ0n) is 28.2. The molecule has 2 atom stereocenters. The van der Waals surface area contributed by atoms with Gasteiger partial charge in [-0.2, -0.15) is 0 Å². The lowest BCUT2D eigenvalue weighted by Gasteiger charge is -2.44. The van der Waals surface area contributed by atoms with Crippen LogP contribution in [0.15, 0.2) is 64.8 Å². The lowest BCUT2D eigenvalue weighted by molar-refractivity contribution is 0.176. The number of ether oxygens (including phenoxy) is 2. The fraction of sp³-hybridized carbons (Fsp3) is 0.429. The number of piperidine rings is 1. The molecule has 0 saturated carbocycles. The highest BCUT2D eigenvalue weighted by atomic mass is 32.2. The molecule has 0 bridgehead atoms. The molecule has 1 saturated heterocycles. The fourth-order valence-corrected chi connectivity index (χ4v) is 8.20. The fourth-order valence-electron chi connectivity index (χ4n) is 6.45. The number of hydrogen-bond donors (Lipinski definition) is 3. The lowest BCUT2D eigenvalue weighted by atomic mass is 9.73. The van der Waals surface area contributed by atoms with Gasteiger partial charge in [0.15, 0.2) is 5.82 Å². The molecule has 0 unspecified atom stereocenters. The number of nitrogens with zero attached hydrogens (tertiary/aromatic N) is 5. The van der Waals surface area contributed by atoms with E-state index >= 15 is 0 Å². The van der Waals surface area contributed by atoms with E-state index in [0.29, 0.717) is 44.7 Å². The Labute approximate surface area is 288 Å². The lowest BCUT2D eigenvalue weighted by Crippen LogP contribution is -2.48. The van der Waals surface area contributed by atoms with Crippen molar-refractivity contribution in [1.82, 2.24) is 24.7 Å². The van der Waals surface area contributed by atoms with Crippen molar-refractivity contribution in [3.63, 3.8) is 0 Å². The van der Waals surface area contributed by atoms with Crippen LogP contribution in [0.4, 0.5) is 17.5 Å². The highest BCUT2D eigenvalue weighted by molar-refractivity contribution is 7.99. The first-order valence-corrected chi connectivity index (χ1v) is 18.0. The highest BCUT2D eigenvalue weighted by Gasteiger charge is 2.49. The summed E-state index contributed by atoms with van der Waals surface area (Å²) in [4.78, 5) is 21.1. The smallest absolute Gasteiger partial charge is 0.228 e. The van der Waals surface area contributed by atoms with Crippen molar-refractivity contribution in [2.24, 2.45) is 5.41 Å². The molecule has 3 N–H and O–H groups in total. The third kappa shape index (κ3) is 7.00. The largest absolute Gasteiger partial charge is 0.497 e. The molecule has 11 nitrogen and oxygen atoms in total. The number of aliphatic hydroxyl groups excluding tert-OH is 1. The predicted molar refractivity (Wildman–Crippen MR) is 189 cm³/mol. The molecular weight excluding hydrogens is 647 g/mol. The molecule has 2 aliphatic rings. The Hall–Kier alpha value is -3.78. The summed E-state index contributed by atoms with van der Waals surface area (Å²) in [7, 11) is 2.01. The van der Waals surface area contributed by atoms with Crippen molar-refractivity contribution in [2.75, 3.05) is 37.5 Å². The van der Waals surface area contributed by atoms with Gasteiger partial charge in [-0.15, -0.1) is 0 Å². The van der Waals surface area contributed by atoms with Crippen molar-refractivity contribution in [1.29, 1.82) is 0 Å². The summed E-state index contributed by atoms with van der Waals surface area (Å²) < 4.78 is 27.3. The van der Waals surface area contributed by atoms with Gasteiger partial charge in [-0.1, -0.05) is 24.3 Å². The number of aromatic nitrogens is 4. The molecule has 1 spiro atoms. The first-order valence-electron chi connectivity index (χ1n) is 16.0. The van der Waals surface area contributed by atoms with Crippen LogP contribution in [0.3, 0.4) is 0 Å². The van der Waals surface area contributed by atoms with Crippen LogP contribution in [0, 0.1) is 12.3 Å². The van der Waals surface area contributed by atoms with E-state index in [-0.39, 0.29) is 22.8 Å². The minimum Gasteiger partial charge on any atom is -0.497 e. The average molecular weight is 690 g/mol. The molecule has 0 radical (unpaired) electrons. The number of rotatable bonds is 10. The first-order chi connectivity index (χ1) is 23.0. The second-order valence-electron chi connectivity index (χ2n) is 13.2. The number of methoxy groups -OCH3 is 2. The minimum absolute atomic E-state index is 0.0119. The van der Waals surface area contributed by atoms with Crippen molar-refractivity contribution in [2.45, 2.75) is 74.4 Å². The summed E-state index contributed by atoms with van der Waals surface area (Å²) in [6, 6.07) is 15.8. The van der Waals surface area contributed by atoms with Crippen LogP contribution in [0.2, 0.25) is 0 Å². The molecule has 1 aliphatic heterocycles. The van der Waals surface area contributed by atoms with Gasteiger partial charge in [-0.05, 0) is 93.5 Å². The monoisotopic (exact) mass is 689 g/mol. The van der Waals surface area contributed by atoms with E-state index in [4.69, 9.17) is 19.4 Å². The second-order valence-corrected chi connectivity index (χ2v) is 16.2. The molecule has 4 aromatic rings. The molecule has 2 aromatic carbocycles. The molecule has 1 fully saturated rings. The van der Waals surface area contributed by atoms with Gasteiger partial charge in [-0.3, -0.25) is 0 Å². The Kier molecular flexibility index (Phi) is 9.93. The Balaban J connectivity index is 1.18. The van der Waals surface area contributed by atoms with Crippen molar-refractivity contribution < 1.29 is 18.8 Å². The van der Waals surface area contributed by atoms with Crippen LogP contribution >= 0.6 is 11.8 Å². The van der Waals surface area contributed by atoms with Gasteiger partial charge in [0, 0.05) is 25.4 Å². The number of benzene rings is 2. The summed E-state index contributed by atoms with van der Waals surface area (Å²) in [5.74, 6) is 2.41. The van der Waals surface area contributed by atoms with Gasteiger partial charge in [0.25, 0.3) is 0 Å². The van der Waals surface area contributed by atoms with Crippen LogP contribution in [-0.2, 0) is 24.0 Å². The molecule has 48 heavy (non-hydrogen) atoms. The Bertz CT molecular complexity index is 1810. The average Bonchev–Trinajstić information content (AvgIpc) is 3.37. The highest BCUT2D eigenvalue weighted by Crippen LogP contribution is 2.52. The third-order valence-electron chi connectivity index (χ3n) is 9.07. The molecule has 3 heterocycles. The zero-order chi connectivity index (χ0) is 34.1. The Morgan fingerprint density at radius 3 is 2.54 bits per heavy atom. The van der Waals surface area contributed by atoms with Gasteiger partial charge in [-0.25, -0.2) is 28.9 Å². The quantitative estimate of drug-likeness (QED) is 0.172. The SMILES string of the molecule is COc1ccc(Nc2nccc(Sc3nc(CO)c(N4CCC5(CC4)Cc4ccccc4[C@H]5N[S@@](=O)C(C)(C)C)nc3C)n2)c(OC)c1. The summed E-state index contributed by atoms with van der Waals surface area (Å²) in [6.45, 7) is 9.25. The molecule has 254 valence electrons. The molecule has 0 amide bonds. The van der Waals surface area contributed by atoms with E-state index in [1.54, 1.807) is 26.5 Å². The Morgan fingerprint density at radius 1 is 1.06 bits per heavy atom. The van der Waals surface area contributed by atoms with Gasteiger partial charge in [0.1, 0.15) is 27.2 Å². The molecule has 1 aliphatic carbocycles. The van der Waals surface area contributed by atoms with Crippen molar-refractivity contribution in [3.8, 4) is 11.5 Å². The van der Waals surface area contributed by atoms with Crippen LogP contribution in [-0.4, -0.2) is 61.3 Å². The molecule has 2 aromatic heterocycles. The van der Waals surface area contributed by atoms with E-state index in [9.17, 15) is 9.32 Å². The van der Waals surface area contributed by atoms with Crippen LogP contribution in [0.1, 0.15) is 62.2 Å². The van der Waals surface area contributed by atoms with Gasteiger partial charge in [0.2, 0.25) is 5.95 Å². The van der Waals surface area contributed by atoms with E-state index in [1.165, 1.54) is 22.9 Å².